The van der Waals surface area contributed by atoms with Crippen LogP contribution in [0.5, 0.6) is 0 Å². The Kier molecular flexibility index (Phi) is 7.31. The number of H-pyrrole nitrogens is 1. The first-order valence-electron chi connectivity index (χ1n) is 5.72. The molecular weight excluding hydrogens is 254 g/mol. The Balaban J connectivity index is 0.00000289. The number of carbonyl (C=O) groups excluding carboxylic acids is 1. The van der Waals surface area contributed by atoms with E-state index in [0.717, 1.165) is 6.42 Å². The van der Waals surface area contributed by atoms with Crippen molar-refractivity contribution in [3.8, 4) is 0 Å². The zero-order valence-corrected chi connectivity index (χ0v) is 11.4. The Labute approximate surface area is 113 Å². The number of hydrogen-bond acceptors (Lipinski definition) is 3. The van der Waals surface area contributed by atoms with E-state index < -0.39 is 0 Å². The highest BCUT2D eigenvalue weighted by Gasteiger charge is 2.13. The molecule has 5 nitrogen and oxygen atoms in total. The summed E-state index contributed by atoms with van der Waals surface area (Å²) >= 11 is 0. The molecular formula is C12H20ClN3O2. The minimum atomic E-state index is -0.223. The highest BCUT2D eigenvalue weighted by atomic mass is 35.5. The molecule has 0 saturated carbocycles. The van der Waals surface area contributed by atoms with Gasteiger partial charge in [0.25, 0.3) is 5.91 Å². The Morgan fingerprint density at radius 2 is 2.11 bits per heavy atom. The molecule has 1 aromatic heterocycles. The number of halogens is 1. The van der Waals surface area contributed by atoms with Gasteiger partial charge in [0.1, 0.15) is 0 Å². The first-order valence-corrected chi connectivity index (χ1v) is 5.72. The first kappa shape index (κ1) is 16.7. The Bertz CT molecular complexity index is 411. The van der Waals surface area contributed by atoms with Crippen LogP contribution in [0.3, 0.4) is 0 Å². The molecule has 0 saturated heterocycles. The highest BCUT2D eigenvalue weighted by Crippen LogP contribution is 2.04. The molecule has 0 aliphatic carbocycles. The first-order chi connectivity index (χ1) is 8.02. The van der Waals surface area contributed by atoms with E-state index in [1.807, 2.05) is 0 Å². The number of carbonyl (C=O) groups is 1. The van der Waals surface area contributed by atoms with Gasteiger partial charge in [-0.1, -0.05) is 13.8 Å². The van der Waals surface area contributed by atoms with E-state index in [4.69, 9.17) is 5.73 Å². The molecule has 0 aliphatic rings. The maximum atomic E-state index is 11.8. The number of aromatic amines is 1. The summed E-state index contributed by atoms with van der Waals surface area (Å²) in [6.45, 7) is 4.57. The normalized spacial score (nSPS) is 11.8. The van der Waals surface area contributed by atoms with Gasteiger partial charge in [0, 0.05) is 24.8 Å². The summed E-state index contributed by atoms with van der Waals surface area (Å²) in [5.41, 5.74) is 5.81. The number of hydrogen-bond donors (Lipinski definition) is 3. The lowest BCUT2D eigenvalue weighted by atomic mass is 10.0. The smallest absolute Gasteiger partial charge is 0.253 e. The molecule has 0 spiro atoms. The fraction of sp³-hybridized carbons (Fsp3) is 0.500. The lowest BCUT2D eigenvalue weighted by Gasteiger charge is -2.18. The fourth-order valence-corrected chi connectivity index (χ4v) is 1.60. The molecule has 102 valence electrons. The van der Waals surface area contributed by atoms with Crippen molar-refractivity contribution in [2.75, 3.05) is 6.54 Å². The maximum Gasteiger partial charge on any atom is 0.253 e. The molecule has 4 N–H and O–H groups in total. The van der Waals surface area contributed by atoms with E-state index in [-0.39, 0.29) is 29.9 Å². The molecule has 0 fully saturated rings. The second kappa shape index (κ2) is 7.89. The fourth-order valence-electron chi connectivity index (χ4n) is 1.60. The molecule has 0 aliphatic heterocycles. The minimum Gasteiger partial charge on any atom is -0.348 e. The van der Waals surface area contributed by atoms with Crippen molar-refractivity contribution >= 4 is 18.3 Å². The van der Waals surface area contributed by atoms with Crippen LogP contribution in [0.15, 0.2) is 23.1 Å². The van der Waals surface area contributed by atoms with Crippen molar-refractivity contribution < 1.29 is 4.79 Å². The number of amides is 1. The van der Waals surface area contributed by atoms with Gasteiger partial charge in [-0.05, 0) is 18.4 Å². The van der Waals surface area contributed by atoms with E-state index in [1.54, 1.807) is 0 Å². The Morgan fingerprint density at radius 1 is 1.44 bits per heavy atom. The summed E-state index contributed by atoms with van der Waals surface area (Å²) < 4.78 is 0. The quantitative estimate of drug-likeness (QED) is 0.745. The van der Waals surface area contributed by atoms with Gasteiger partial charge in [-0.15, -0.1) is 12.4 Å². The van der Waals surface area contributed by atoms with Gasteiger partial charge >= 0.3 is 0 Å². The second-order valence-corrected chi connectivity index (χ2v) is 4.48. The van der Waals surface area contributed by atoms with E-state index in [1.165, 1.54) is 18.3 Å². The van der Waals surface area contributed by atoms with Gasteiger partial charge in [0.15, 0.2) is 0 Å². The zero-order valence-electron chi connectivity index (χ0n) is 10.6. The lowest BCUT2D eigenvalue weighted by Crippen LogP contribution is -2.41. The molecule has 0 radical (unpaired) electrons. The van der Waals surface area contributed by atoms with Crippen molar-refractivity contribution in [1.29, 1.82) is 0 Å². The van der Waals surface area contributed by atoms with Crippen LogP contribution in [-0.2, 0) is 0 Å². The van der Waals surface area contributed by atoms with Crippen LogP contribution in [0.2, 0.25) is 0 Å². The number of nitrogens with one attached hydrogen (secondary N) is 2. The molecule has 18 heavy (non-hydrogen) atoms. The third-order valence-corrected chi connectivity index (χ3v) is 2.42. The second-order valence-electron chi connectivity index (χ2n) is 4.48. The van der Waals surface area contributed by atoms with Crippen molar-refractivity contribution in [1.82, 2.24) is 10.3 Å². The lowest BCUT2D eigenvalue weighted by molar-refractivity contribution is 0.0933. The predicted octanol–water partition coefficient (Wildman–Crippen LogP) is 0.900. The summed E-state index contributed by atoms with van der Waals surface area (Å²) in [7, 11) is 0. The number of nitrogens with two attached hydrogens (primary N) is 1. The standard InChI is InChI=1S/C12H19N3O2.ClH/c1-8(2)5-10(6-13)15-12(17)9-3-4-11(16)14-7-9;/h3-4,7-8,10H,5-6,13H2,1-2H3,(H,14,16)(H,15,17);1H. The molecule has 1 amide bonds. The van der Waals surface area contributed by atoms with Gasteiger partial charge in [-0.3, -0.25) is 9.59 Å². The number of aromatic nitrogens is 1. The van der Waals surface area contributed by atoms with Gasteiger partial charge in [0.2, 0.25) is 5.56 Å². The molecule has 1 heterocycles. The van der Waals surface area contributed by atoms with E-state index in [0.29, 0.717) is 18.0 Å². The molecule has 1 aromatic rings. The van der Waals surface area contributed by atoms with Crippen LogP contribution in [0, 0.1) is 5.92 Å². The monoisotopic (exact) mass is 273 g/mol. The third kappa shape index (κ3) is 5.33. The van der Waals surface area contributed by atoms with Gasteiger partial charge in [-0.2, -0.15) is 0 Å². The van der Waals surface area contributed by atoms with Crippen LogP contribution in [-0.4, -0.2) is 23.5 Å². The maximum absolute atomic E-state index is 11.8. The van der Waals surface area contributed by atoms with Crippen molar-refractivity contribution in [3.05, 3.63) is 34.2 Å². The summed E-state index contributed by atoms with van der Waals surface area (Å²) in [5.74, 6) is 0.261. The van der Waals surface area contributed by atoms with Crippen LogP contribution < -0.4 is 16.6 Å². The van der Waals surface area contributed by atoms with E-state index in [9.17, 15) is 9.59 Å². The molecule has 1 rings (SSSR count). The van der Waals surface area contributed by atoms with Crippen LogP contribution >= 0.6 is 12.4 Å². The predicted molar refractivity (Wildman–Crippen MR) is 74.1 cm³/mol. The Morgan fingerprint density at radius 3 is 2.56 bits per heavy atom. The largest absolute Gasteiger partial charge is 0.348 e. The van der Waals surface area contributed by atoms with Crippen LogP contribution in [0.25, 0.3) is 0 Å². The molecule has 0 aromatic carbocycles. The van der Waals surface area contributed by atoms with Crippen molar-refractivity contribution in [2.45, 2.75) is 26.3 Å². The molecule has 1 unspecified atom stereocenters. The van der Waals surface area contributed by atoms with Crippen LogP contribution in [0.1, 0.15) is 30.6 Å². The summed E-state index contributed by atoms with van der Waals surface area (Å²) in [5, 5.41) is 2.85. The van der Waals surface area contributed by atoms with Crippen molar-refractivity contribution in [3.63, 3.8) is 0 Å². The molecule has 1 atom stereocenters. The molecule has 6 heteroatoms. The van der Waals surface area contributed by atoms with E-state index in [2.05, 4.69) is 24.1 Å². The third-order valence-electron chi connectivity index (χ3n) is 2.42. The summed E-state index contributed by atoms with van der Waals surface area (Å²) in [4.78, 5) is 25.1. The topological polar surface area (TPSA) is 88.0 Å². The van der Waals surface area contributed by atoms with Gasteiger partial charge in [0.05, 0.1) is 5.56 Å². The minimum absolute atomic E-state index is 0. The Hall–Kier alpha value is -1.33. The van der Waals surface area contributed by atoms with Gasteiger partial charge < -0.3 is 16.0 Å². The van der Waals surface area contributed by atoms with Crippen molar-refractivity contribution in [2.24, 2.45) is 11.7 Å². The van der Waals surface area contributed by atoms with E-state index >= 15 is 0 Å². The summed E-state index contributed by atoms with van der Waals surface area (Å²) in [6, 6.07) is 2.79. The average Bonchev–Trinajstić information content (AvgIpc) is 2.28. The van der Waals surface area contributed by atoms with Gasteiger partial charge in [-0.25, -0.2) is 0 Å². The number of pyridine rings is 1. The highest BCUT2D eigenvalue weighted by molar-refractivity contribution is 5.94. The average molecular weight is 274 g/mol. The zero-order chi connectivity index (χ0) is 12.8. The van der Waals surface area contributed by atoms with Crippen LogP contribution in [0.4, 0.5) is 0 Å². The SMILES string of the molecule is CC(C)CC(CN)NC(=O)c1ccc(=O)[nH]c1.Cl. The number of rotatable bonds is 5. The summed E-state index contributed by atoms with van der Waals surface area (Å²) in [6.07, 6.45) is 2.24. The molecule has 0 bridgehead atoms.